The average Bonchev–Trinajstić information content (AvgIpc) is 2.71. The van der Waals surface area contributed by atoms with Crippen LogP contribution >= 0.6 is 8.58 Å². The largest absolute Gasteiger partial charge is 0.507 e. The second-order valence-corrected chi connectivity index (χ2v) is 10.1. The molecular weight excluding hydrogens is 373 g/mol. The lowest BCUT2D eigenvalue weighted by atomic mass is 9.93. The molecule has 3 aromatic carbocycles. The van der Waals surface area contributed by atoms with Crippen molar-refractivity contribution in [2.24, 2.45) is 0 Å². The number of hydrogen-bond acceptors (Lipinski definition) is 2. The highest BCUT2D eigenvalue weighted by molar-refractivity contribution is 7.48. The fourth-order valence-electron chi connectivity index (χ4n) is 3.77. The molecule has 0 aliphatic heterocycles. The molecule has 2 N–H and O–H groups in total. The molecule has 0 radical (unpaired) electrons. The fourth-order valence-corrected chi connectivity index (χ4v) is 5.35. The Morgan fingerprint density at radius 1 is 0.931 bits per heavy atom. The number of phenolic OH excluding ortho intramolecular Hbond substituents is 1. The van der Waals surface area contributed by atoms with Gasteiger partial charge in [-0.1, -0.05) is 82.1 Å². The summed E-state index contributed by atoms with van der Waals surface area (Å²) in [4.78, 5) is 0. The van der Waals surface area contributed by atoms with Crippen LogP contribution in [0, 0.1) is 20.8 Å². The minimum absolute atomic E-state index is 0.0996. The number of aryl methyl sites for hydroxylation is 3. The molecule has 0 heterocycles. The monoisotopic (exact) mass is 405 g/mol. The van der Waals surface area contributed by atoms with Crippen molar-refractivity contribution < 1.29 is 5.11 Å². The molecule has 2 unspecified atom stereocenters. The lowest BCUT2D eigenvalue weighted by Crippen LogP contribution is -2.21. The third kappa shape index (κ3) is 5.00. The zero-order valence-corrected chi connectivity index (χ0v) is 19.1. The summed E-state index contributed by atoms with van der Waals surface area (Å²) in [6.07, 6.45) is 0.974. The van der Waals surface area contributed by atoms with E-state index in [-0.39, 0.29) is 5.16 Å². The first kappa shape index (κ1) is 21.4. The van der Waals surface area contributed by atoms with E-state index in [0.29, 0.717) is 14.3 Å². The number of hydrogen-bond donors (Lipinski definition) is 2. The Morgan fingerprint density at radius 3 is 2.34 bits per heavy atom. The summed E-state index contributed by atoms with van der Waals surface area (Å²) in [5.41, 5.74) is 6.97. The lowest BCUT2D eigenvalue weighted by Gasteiger charge is -2.32. The molecule has 0 aromatic heterocycles. The van der Waals surface area contributed by atoms with Crippen LogP contribution in [-0.4, -0.2) is 5.11 Å². The Labute approximate surface area is 177 Å². The normalized spacial score (nSPS) is 13.6. The van der Waals surface area contributed by atoms with Gasteiger partial charge in [-0.3, -0.25) is 0 Å². The van der Waals surface area contributed by atoms with Crippen molar-refractivity contribution in [3.8, 4) is 5.75 Å². The summed E-state index contributed by atoms with van der Waals surface area (Å²) < 4.78 is 0. The van der Waals surface area contributed by atoms with E-state index in [1.54, 1.807) is 0 Å². The SMILES string of the molecule is CCC(C)(Pc1ccc(C)cc1CNc1ccccc1)c1cc(C)cc(C)c1O. The third-order valence-electron chi connectivity index (χ3n) is 5.67. The topological polar surface area (TPSA) is 32.3 Å². The quantitative estimate of drug-likeness (QED) is 0.436. The van der Waals surface area contributed by atoms with E-state index in [9.17, 15) is 5.11 Å². The Morgan fingerprint density at radius 2 is 1.66 bits per heavy atom. The predicted molar refractivity (Wildman–Crippen MR) is 128 cm³/mol. The number of phenols is 1. The standard InChI is InChI=1S/C26H32NOP/c1-6-26(5,23-16-19(3)14-20(4)25(23)28)29-24-13-12-18(2)15-21(24)17-27-22-10-8-7-9-11-22/h7-16,27-29H,6,17H2,1-5H3. The van der Waals surface area contributed by atoms with E-state index in [4.69, 9.17) is 0 Å². The van der Waals surface area contributed by atoms with Crippen LogP contribution in [0.25, 0.3) is 0 Å². The van der Waals surface area contributed by atoms with Crippen LogP contribution in [0.15, 0.2) is 60.7 Å². The minimum Gasteiger partial charge on any atom is -0.507 e. The van der Waals surface area contributed by atoms with Crippen LogP contribution < -0.4 is 10.6 Å². The summed E-state index contributed by atoms with van der Waals surface area (Å²) in [5, 5.41) is 15.6. The summed E-state index contributed by atoms with van der Waals surface area (Å²) in [6.45, 7) is 11.6. The molecule has 0 spiro atoms. The molecule has 0 saturated heterocycles. The Bertz CT molecular complexity index is 983. The van der Waals surface area contributed by atoms with E-state index in [2.05, 4.69) is 87.6 Å². The summed E-state index contributed by atoms with van der Waals surface area (Å²) in [5.74, 6) is 0.448. The van der Waals surface area contributed by atoms with Gasteiger partial charge in [-0.2, -0.15) is 0 Å². The highest BCUT2D eigenvalue weighted by Gasteiger charge is 2.29. The van der Waals surface area contributed by atoms with Crippen molar-refractivity contribution in [2.75, 3.05) is 5.32 Å². The summed E-state index contributed by atoms with van der Waals surface area (Å²) in [6, 6.07) is 21.3. The van der Waals surface area contributed by atoms with Crippen LogP contribution in [0.5, 0.6) is 5.75 Å². The maximum Gasteiger partial charge on any atom is 0.122 e. The van der Waals surface area contributed by atoms with Gasteiger partial charge in [-0.05, 0) is 55.8 Å². The first-order chi connectivity index (χ1) is 13.8. The average molecular weight is 406 g/mol. The van der Waals surface area contributed by atoms with Gasteiger partial charge in [0.05, 0.1) is 0 Å². The van der Waals surface area contributed by atoms with Crippen molar-refractivity contribution in [1.82, 2.24) is 0 Å². The molecule has 0 saturated carbocycles. The van der Waals surface area contributed by atoms with Gasteiger partial charge in [-0.15, -0.1) is 0 Å². The van der Waals surface area contributed by atoms with Crippen LogP contribution in [0.3, 0.4) is 0 Å². The van der Waals surface area contributed by atoms with E-state index < -0.39 is 0 Å². The maximum atomic E-state index is 10.8. The summed E-state index contributed by atoms with van der Waals surface area (Å²) in [7, 11) is 0.578. The van der Waals surface area contributed by atoms with Gasteiger partial charge in [0.1, 0.15) is 5.75 Å². The molecule has 3 heteroatoms. The number of anilines is 1. The number of nitrogens with one attached hydrogen (secondary N) is 1. The van der Waals surface area contributed by atoms with Gasteiger partial charge < -0.3 is 10.4 Å². The Kier molecular flexibility index (Phi) is 6.65. The molecule has 0 aliphatic carbocycles. The predicted octanol–water partition coefficient (Wildman–Crippen LogP) is 6.56. The van der Waals surface area contributed by atoms with Gasteiger partial charge >= 0.3 is 0 Å². The van der Waals surface area contributed by atoms with Crippen molar-refractivity contribution >= 4 is 19.6 Å². The highest BCUT2D eigenvalue weighted by Crippen LogP contribution is 2.48. The zero-order chi connectivity index (χ0) is 21.0. The van der Waals surface area contributed by atoms with Crippen molar-refractivity contribution in [3.63, 3.8) is 0 Å². The molecule has 0 fully saturated rings. The van der Waals surface area contributed by atoms with E-state index in [1.165, 1.54) is 22.0 Å². The molecule has 2 nitrogen and oxygen atoms in total. The first-order valence-electron chi connectivity index (χ1n) is 10.3. The molecule has 2 atom stereocenters. The smallest absolute Gasteiger partial charge is 0.122 e. The number of benzene rings is 3. The van der Waals surface area contributed by atoms with E-state index in [1.807, 2.05) is 13.0 Å². The van der Waals surface area contributed by atoms with Crippen molar-refractivity contribution in [3.05, 3.63) is 88.5 Å². The minimum atomic E-state index is -0.0996. The van der Waals surface area contributed by atoms with Gasteiger partial charge in [-0.25, -0.2) is 0 Å². The van der Waals surface area contributed by atoms with Gasteiger partial charge in [0.15, 0.2) is 0 Å². The van der Waals surface area contributed by atoms with Crippen molar-refractivity contribution in [2.45, 2.75) is 52.7 Å². The Balaban J connectivity index is 1.93. The molecule has 3 rings (SSSR count). The molecule has 29 heavy (non-hydrogen) atoms. The maximum absolute atomic E-state index is 10.8. The second kappa shape index (κ2) is 9.01. The van der Waals surface area contributed by atoms with Crippen LogP contribution in [0.1, 0.15) is 48.1 Å². The lowest BCUT2D eigenvalue weighted by molar-refractivity contribution is 0.452. The van der Waals surface area contributed by atoms with Gasteiger partial charge in [0, 0.05) is 23.0 Å². The van der Waals surface area contributed by atoms with Crippen LogP contribution in [0.4, 0.5) is 5.69 Å². The molecule has 0 amide bonds. The van der Waals surface area contributed by atoms with Gasteiger partial charge in [0.25, 0.3) is 0 Å². The third-order valence-corrected chi connectivity index (χ3v) is 7.61. The molecule has 152 valence electrons. The first-order valence-corrected chi connectivity index (χ1v) is 11.3. The van der Waals surface area contributed by atoms with Crippen molar-refractivity contribution in [1.29, 1.82) is 0 Å². The molecule has 3 aromatic rings. The summed E-state index contributed by atoms with van der Waals surface area (Å²) >= 11 is 0. The molecule has 0 bridgehead atoms. The molecule has 0 aliphatic rings. The Hall–Kier alpha value is -2.31. The zero-order valence-electron chi connectivity index (χ0n) is 18.1. The van der Waals surface area contributed by atoms with Crippen LogP contribution in [-0.2, 0) is 11.7 Å². The highest BCUT2D eigenvalue weighted by atomic mass is 31.1. The molecular formula is C26H32NOP. The number of para-hydroxylation sites is 1. The fraction of sp³-hybridized carbons (Fsp3) is 0.308. The van der Waals surface area contributed by atoms with Crippen LogP contribution in [0.2, 0.25) is 0 Å². The number of aromatic hydroxyl groups is 1. The van der Waals surface area contributed by atoms with E-state index >= 15 is 0 Å². The second-order valence-electron chi connectivity index (χ2n) is 8.17. The number of rotatable bonds is 7. The van der Waals surface area contributed by atoms with E-state index in [0.717, 1.165) is 29.8 Å². The van der Waals surface area contributed by atoms with Gasteiger partial charge in [0.2, 0.25) is 0 Å².